The summed E-state index contributed by atoms with van der Waals surface area (Å²) in [6.45, 7) is 14.7. The molecule has 0 spiro atoms. The van der Waals surface area contributed by atoms with Gasteiger partial charge in [-0.05, 0) is 61.7 Å². The molecule has 0 saturated carbocycles. The second kappa shape index (κ2) is 9.32. The van der Waals surface area contributed by atoms with Gasteiger partial charge in [0.25, 0.3) is 0 Å². The molecule has 2 aromatic carbocycles. The van der Waals surface area contributed by atoms with Gasteiger partial charge < -0.3 is 9.80 Å². The zero-order chi connectivity index (χ0) is 22.0. The molecule has 0 bridgehead atoms. The largest absolute Gasteiger partial charge is 0.370 e. The third-order valence-electron chi connectivity index (χ3n) is 7.52. The molecule has 168 valence electrons. The van der Waals surface area contributed by atoms with Crippen molar-refractivity contribution in [1.82, 2.24) is 4.90 Å². The Kier molecular flexibility index (Phi) is 6.71. The topological polar surface area (TPSA) is 23.6 Å². The molecule has 0 aromatic heterocycles. The number of nitrogens with zero attached hydrogens (tertiary/aromatic N) is 2. The third kappa shape index (κ3) is 4.02. The summed E-state index contributed by atoms with van der Waals surface area (Å²) < 4.78 is 0. The van der Waals surface area contributed by atoms with Crippen molar-refractivity contribution < 1.29 is 4.79 Å². The van der Waals surface area contributed by atoms with Crippen molar-refractivity contribution in [2.24, 2.45) is 5.92 Å². The summed E-state index contributed by atoms with van der Waals surface area (Å²) in [5, 5.41) is 2.53. The molecule has 1 aliphatic carbocycles. The fourth-order valence-electron chi connectivity index (χ4n) is 5.99. The Labute approximate surface area is 188 Å². The van der Waals surface area contributed by atoms with Gasteiger partial charge in [0, 0.05) is 36.3 Å². The number of anilines is 1. The van der Waals surface area contributed by atoms with Gasteiger partial charge in [-0.15, -0.1) is 0 Å². The van der Waals surface area contributed by atoms with E-state index in [1.165, 1.54) is 48.0 Å². The summed E-state index contributed by atoms with van der Waals surface area (Å²) >= 11 is 0. The average molecular weight is 421 g/mol. The first-order chi connectivity index (χ1) is 15.0. The first kappa shape index (κ1) is 22.3. The molecule has 0 N–H and O–H groups in total. The van der Waals surface area contributed by atoms with Crippen LogP contribution in [0.25, 0.3) is 10.8 Å². The van der Waals surface area contributed by atoms with Gasteiger partial charge in [0.05, 0.1) is 5.41 Å². The van der Waals surface area contributed by atoms with Gasteiger partial charge in [-0.2, -0.15) is 0 Å². The fraction of sp³-hybridized carbons (Fsp3) is 0.607. The Bertz CT molecular complexity index is 926. The predicted octanol–water partition coefficient (Wildman–Crippen LogP) is 6.43. The summed E-state index contributed by atoms with van der Waals surface area (Å²) in [5.41, 5.74) is 3.27. The molecule has 0 radical (unpaired) electrons. The number of carbonyl (C=O) groups excluding carboxylic acids is 1. The monoisotopic (exact) mass is 420 g/mol. The lowest BCUT2D eigenvalue weighted by molar-refractivity contribution is 0.0874. The predicted molar refractivity (Wildman–Crippen MR) is 132 cm³/mol. The Balaban J connectivity index is 1.68. The van der Waals surface area contributed by atoms with E-state index in [-0.39, 0.29) is 5.41 Å². The van der Waals surface area contributed by atoms with Crippen LogP contribution in [0.1, 0.15) is 82.1 Å². The van der Waals surface area contributed by atoms with Crippen LogP contribution in [0.4, 0.5) is 5.69 Å². The van der Waals surface area contributed by atoms with Crippen molar-refractivity contribution in [3.8, 4) is 0 Å². The number of carbonyl (C=O) groups is 1. The summed E-state index contributed by atoms with van der Waals surface area (Å²) in [7, 11) is 0. The molecule has 2 aliphatic rings. The number of hydrogen-bond acceptors (Lipinski definition) is 3. The number of benzene rings is 2. The minimum absolute atomic E-state index is 0.309. The number of rotatable bonds is 8. The van der Waals surface area contributed by atoms with E-state index in [1.807, 2.05) is 0 Å². The second-order valence-corrected chi connectivity index (χ2v) is 10.1. The second-order valence-electron chi connectivity index (χ2n) is 10.1. The van der Waals surface area contributed by atoms with Crippen LogP contribution in [-0.2, 0) is 5.41 Å². The number of Topliss-reactive ketones (excluding diaryl/α,β-unsaturated/α-hetero) is 1. The van der Waals surface area contributed by atoms with Gasteiger partial charge >= 0.3 is 0 Å². The van der Waals surface area contributed by atoms with Crippen LogP contribution in [-0.4, -0.2) is 43.4 Å². The Hall–Kier alpha value is -1.87. The lowest BCUT2D eigenvalue weighted by Crippen LogP contribution is -2.32. The van der Waals surface area contributed by atoms with Crippen molar-refractivity contribution in [2.75, 3.05) is 37.6 Å². The Morgan fingerprint density at radius 2 is 1.74 bits per heavy atom. The molecule has 3 heteroatoms. The molecule has 0 unspecified atom stereocenters. The van der Waals surface area contributed by atoms with Gasteiger partial charge in [-0.3, -0.25) is 4.79 Å². The van der Waals surface area contributed by atoms with E-state index in [2.05, 4.69) is 67.8 Å². The summed E-state index contributed by atoms with van der Waals surface area (Å²) in [6.07, 6.45) is 6.48. The van der Waals surface area contributed by atoms with Gasteiger partial charge in [0.1, 0.15) is 0 Å². The molecule has 1 heterocycles. The van der Waals surface area contributed by atoms with E-state index in [0.29, 0.717) is 5.78 Å². The van der Waals surface area contributed by atoms with Crippen LogP contribution in [0.5, 0.6) is 0 Å². The van der Waals surface area contributed by atoms with Crippen molar-refractivity contribution in [3.05, 3.63) is 41.5 Å². The normalized spacial score (nSPS) is 18.9. The minimum Gasteiger partial charge on any atom is -0.370 e. The summed E-state index contributed by atoms with van der Waals surface area (Å²) in [6, 6.07) is 11.0. The van der Waals surface area contributed by atoms with Crippen molar-refractivity contribution >= 4 is 22.2 Å². The van der Waals surface area contributed by atoms with Gasteiger partial charge in [0.2, 0.25) is 0 Å². The van der Waals surface area contributed by atoms with Gasteiger partial charge in [0.15, 0.2) is 5.78 Å². The Morgan fingerprint density at radius 1 is 0.968 bits per heavy atom. The van der Waals surface area contributed by atoms with Crippen LogP contribution in [0.2, 0.25) is 0 Å². The van der Waals surface area contributed by atoms with Crippen molar-refractivity contribution in [1.29, 1.82) is 0 Å². The quantitative estimate of drug-likeness (QED) is 0.491. The van der Waals surface area contributed by atoms with Crippen LogP contribution in [0, 0.1) is 5.92 Å². The van der Waals surface area contributed by atoms with Crippen LogP contribution < -0.4 is 4.90 Å². The van der Waals surface area contributed by atoms with E-state index in [0.717, 1.165) is 56.8 Å². The maximum atomic E-state index is 13.7. The Morgan fingerprint density at radius 3 is 2.45 bits per heavy atom. The number of ketones is 1. The molecular weight excluding hydrogens is 380 g/mol. The fourth-order valence-corrected chi connectivity index (χ4v) is 5.99. The smallest absolute Gasteiger partial charge is 0.174 e. The summed E-state index contributed by atoms with van der Waals surface area (Å²) in [5.74, 6) is 1.13. The van der Waals surface area contributed by atoms with Crippen molar-refractivity contribution in [3.63, 3.8) is 0 Å². The lowest BCUT2D eigenvalue weighted by Gasteiger charge is -2.30. The van der Waals surface area contributed by atoms with Gasteiger partial charge in [-0.1, -0.05) is 64.8 Å². The molecule has 3 nitrogen and oxygen atoms in total. The van der Waals surface area contributed by atoms with Crippen LogP contribution >= 0.6 is 0 Å². The lowest BCUT2D eigenvalue weighted by atomic mass is 9.73. The van der Waals surface area contributed by atoms with E-state index in [1.54, 1.807) is 0 Å². The zero-order valence-corrected chi connectivity index (χ0v) is 20.0. The molecule has 1 fully saturated rings. The molecule has 0 amide bonds. The highest BCUT2D eigenvalue weighted by Gasteiger charge is 2.46. The molecule has 2 aromatic rings. The number of hydrogen-bond donors (Lipinski definition) is 0. The first-order valence-electron chi connectivity index (χ1n) is 12.6. The highest BCUT2D eigenvalue weighted by Crippen LogP contribution is 2.49. The highest BCUT2D eigenvalue weighted by atomic mass is 16.1. The average Bonchev–Trinajstić information content (AvgIpc) is 2.91. The van der Waals surface area contributed by atoms with Gasteiger partial charge in [-0.25, -0.2) is 0 Å². The third-order valence-corrected chi connectivity index (χ3v) is 7.52. The maximum absolute atomic E-state index is 13.7. The first-order valence-corrected chi connectivity index (χ1v) is 12.6. The molecule has 4 rings (SSSR count). The molecule has 31 heavy (non-hydrogen) atoms. The maximum Gasteiger partial charge on any atom is 0.174 e. The van der Waals surface area contributed by atoms with Crippen LogP contribution in [0.3, 0.4) is 0 Å². The molecule has 0 atom stereocenters. The SMILES string of the molecule is CCCC1(CCC)C(=O)c2cccc3c(N4CCCN(CCC(C)C)CC4)ccc1c23. The molecule has 1 saturated heterocycles. The van der Waals surface area contributed by atoms with Crippen molar-refractivity contribution in [2.45, 2.75) is 71.6 Å². The molecule has 1 aliphatic heterocycles. The molecular formula is C28H40N2O. The minimum atomic E-state index is -0.309. The van der Waals surface area contributed by atoms with E-state index in [4.69, 9.17) is 0 Å². The van der Waals surface area contributed by atoms with Crippen LogP contribution in [0.15, 0.2) is 30.3 Å². The standard InChI is InChI=1S/C28H40N2O/c1-5-14-28(15-6-2)24-11-12-25(22-9-7-10-23(26(22)24)27(28)31)30-17-8-16-29(19-20-30)18-13-21(3)4/h7,9-12,21H,5-6,8,13-20H2,1-4H3. The van der Waals surface area contributed by atoms with E-state index in [9.17, 15) is 4.79 Å². The van der Waals surface area contributed by atoms with E-state index < -0.39 is 0 Å². The highest BCUT2D eigenvalue weighted by molar-refractivity contribution is 6.22. The summed E-state index contributed by atoms with van der Waals surface area (Å²) in [4.78, 5) is 18.9. The zero-order valence-electron chi connectivity index (χ0n) is 20.0. The van der Waals surface area contributed by atoms with E-state index >= 15 is 0 Å².